The molecule has 0 saturated carbocycles. The van der Waals surface area contributed by atoms with Crippen LogP contribution in [0.4, 0.5) is 0 Å². The smallest absolute Gasteiger partial charge is 0.0886 e. The first kappa shape index (κ1) is 10.3. The molecule has 0 aliphatic heterocycles. The van der Waals surface area contributed by atoms with Crippen LogP contribution in [0.3, 0.4) is 0 Å². The molecule has 2 aromatic rings. The summed E-state index contributed by atoms with van der Waals surface area (Å²) < 4.78 is 0. The largest absolute Gasteiger partial charge is 0.255 e. The van der Waals surface area contributed by atoms with Crippen molar-refractivity contribution in [2.24, 2.45) is 0 Å². The number of aromatic nitrogens is 2. The third-order valence-corrected chi connectivity index (χ3v) is 1.59. The Kier molecular flexibility index (Phi) is 3.97. The molecule has 2 heterocycles. The van der Waals surface area contributed by atoms with Crippen molar-refractivity contribution in [3.8, 4) is 11.4 Å². The van der Waals surface area contributed by atoms with Crippen LogP contribution >= 0.6 is 0 Å². The van der Waals surface area contributed by atoms with Gasteiger partial charge in [-0.25, -0.2) is 0 Å². The van der Waals surface area contributed by atoms with E-state index >= 15 is 0 Å². The summed E-state index contributed by atoms with van der Waals surface area (Å²) in [6.07, 6.45) is 3.54. The molecule has 2 nitrogen and oxygen atoms in total. The predicted molar refractivity (Wildman–Crippen MR) is 57.4 cm³/mol. The number of hydrogen-bond donors (Lipinski definition) is 0. The molecule has 2 aromatic heterocycles. The SMILES string of the molecule is [BiH3].c1ccc(-c2ccccn2)nc1. The van der Waals surface area contributed by atoms with Gasteiger partial charge in [-0.3, -0.25) is 9.97 Å². The molecular weight excluding hydrogens is 357 g/mol. The molecule has 0 atom stereocenters. The molecule has 0 N–H and O–H groups in total. The zero-order valence-electron chi connectivity index (χ0n) is 7.22. The van der Waals surface area contributed by atoms with E-state index in [1.54, 1.807) is 12.4 Å². The summed E-state index contributed by atoms with van der Waals surface area (Å²) in [5.74, 6) is 0. The van der Waals surface area contributed by atoms with Crippen LogP contribution < -0.4 is 0 Å². The Labute approximate surface area is 96.2 Å². The fourth-order valence-corrected chi connectivity index (χ4v) is 1.03. The Morgan fingerprint density at radius 3 is 1.46 bits per heavy atom. The van der Waals surface area contributed by atoms with Crippen molar-refractivity contribution >= 4 is 26.2 Å². The maximum absolute atomic E-state index is 4.19. The molecule has 66 valence electrons. The molecule has 0 bridgehead atoms. The van der Waals surface area contributed by atoms with E-state index in [0.29, 0.717) is 0 Å². The molecule has 0 spiro atoms. The third kappa shape index (κ3) is 2.56. The fourth-order valence-electron chi connectivity index (χ4n) is 1.03. The van der Waals surface area contributed by atoms with E-state index in [-0.39, 0.29) is 26.2 Å². The van der Waals surface area contributed by atoms with Crippen LogP contribution in [0, 0.1) is 0 Å². The van der Waals surface area contributed by atoms with Gasteiger partial charge in [-0.05, 0) is 24.3 Å². The first-order valence-electron chi connectivity index (χ1n) is 3.79. The molecule has 0 fully saturated rings. The van der Waals surface area contributed by atoms with E-state index < -0.39 is 0 Å². The zero-order chi connectivity index (χ0) is 8.23. The van der Waals surface area contributed by atoms with Crippen LogP contribution in [-0.2, 0) is 0 Å². The van der Waals surface area contributed by atoms with Gasteiger partial charge in [0.15, 0.2) is 0 Å². The minimum atomic E-state index is 0. The van der Waals surface area contributed by atoms with Crippen LogP contribution in [0.5, 0.6) is 0 Å². The van der Waals surface area contributed by atoms with Gasteiger partial charge in [0.25, 0.3) is 0 Å². The molecular formula is C10H11BiN2. The van der Waals surface area contributed by atoms with Gasteiger partial charge < -0.3 is 0 Å². The third-order valence-electron chi connectivity index (χ3n) is 1.59. The van der Waals surface area contributed by atoms with Gasteiger partial charge in [0.2, 0.25) is 0 Å². The number of hydrogen-bond acceptors (Lipinski definition) is 2. The maximum atomic E-state index is 4.19. The summed E-state index contributed by atoms with van der Waals surface area (Å²) in [5.41, 5.74) is 1.83. The van der Waals surface area contributed by atoms with Crippen LogP contribution in [0.2, 0.25) is 0 Å². The zero-order valence-corrected chi connectivity index (χ0v) is 12.7. The summed E-state index contributed by atoms with van der Waals surface area (Å²) >= 11 is 0. The van der Waals surface area contributed by atoms with E-state index in [1.807, 2.05) is 36.4 Å². The molecule has 13 heavy (non-hydrogen) atoms. The Morgan fingerprint density at radius 2 is 1.15 bits per heavy atom. The summed E-state index contributed by atoms with van der Waals surface area (Å²) in [4.78, 5) is 8.37. The van der Waals surface area contributed by atoms with Crippen molar-refractivity contribution in [2.45, 2.75) is 0 Å². The molecule has 0 unspecified atom stereocenters. The average molecular weight is 368 g/mol. The quantitative estimate of drug-likeness (QED) is 0.701. The van der Waals surface area contributed by atoms with Crippen molar-refractivity contribution in [3.63, 3.8) is 0 Å². The van der Waals surface area contributed by atoms with Crippen LogP contribution in [-0.4, -0.2) is 36.2 Å². The van der Waals surface area contributed by atoms with E-state index in [2.05, 4.69) is 9.97 Å². The Hall–Kier alpha value is -0.817. The first-order chi connectivity index (χ1) is 5.97. The van der Waals surface area contributed by atoms with Gasteiger partial charge in [-0.1, -0.05) is 12.1 Å². The van der Waals surface area contributed by atoms with Gasteiger partial charge >= 0.3 is 26.2 Å². The average Bonchev–Trinajstić information content (AvgIpc) is 2.21. The molecule has 3 heteroatoms. The topological polar surface area (TPSA) is 25.8 Å². The Bertz CT molecular complexity index is 310. The van der Waals surface area contributed by atoms with E-state index in [9.17, 15) is 0 Å². The maximum Gasteiger partial charge on any atom is 0.0886 e. The standard InChI is InChI=1S/C10H8N2.Bi.3H/c1-3-7-11-9(5-1)10-6-2-4-8-12-10;;;;/h1-8H;;;;. The second kappa shape index (κ2) is 5.03. The predicted octanol–water partition coefficient (Wildman–Crippen LogP) is 0.960. The monoisotopic (exact) mass is 368 g/mol. The Balaban J connectivity index is 0.000000845. The number of pyridine rings is 2. The van der Waals surface area contributed by atoms with E-state index in [4.69, 9.17) is 0 Å². The molecule has 0 radical (unpaired) electrons. The Morgan fingerprint density at radius 1 is 0.692 bits per heavy atom. The van der Waals surface area contributed by atoms with E-state index in [1.165, 1.54) is 0 Å². The van der Waals surface area contributed by atoms with Gasteiger partial charge in [0, 0.05) is 12.4 Å². The summed E-state index contributed by atoms with van der Waals surface area (Å²) in [5, 5.41) is 0. The van der Waals surface area contributed by atoms with Crippen molar-refractivity contribution in [1.82, 2.24) is 9.97 Å². The summed E-state index contributed by atoms with van der Waals surface area (Å²) in [7, 11) is 0. The van der Waals surface area contributed by atoms with Crippen molar-refractivity contribution in [3.05, 3.63) is 48.8 Å². The van der Waals surface area contributed by atoms with Crippen LogP contribution in [0.15, 0.2) is 48.8 Å². The fraction of sp³-hybridized carbons (Fsp3) is 0. The van der Waals surface area contributed by atoms with Crippen LogP contribution in [0.25, 0.3) is 11.4 Å². The van der Waals surface area contributed by atoms with Gasteiger partial charge in [0.05, 0.1) is 11.4 Å². The van der Waals surface area contributed by atoms with E-state index in [0.717, 1.165) is 11.4 Å². The molecule has 0 amide bonds. The number of nitrogens with zero attached hydrogens (tertiary/aromatic N) is 2. The second-order valence-corrected chi connectivity index (χ2v) is 2.43. The molecule has 0 aromatic carbocycles. The first-order valence-corrected chi connectivity index (χ1v) is 3.79. The normalized spacial score (nSPS) is 8.92. The van der Waals surface area contributed by atoms with Gasteiger partial charge in [-0.2, -0.15) is 0 Å². The van der Waals surface area contributed by atoms with Gasteiger partial charge in [-0.15, -0.1) is 0 Å². The minimum absolute atomic E-state index is 0. The van der Waals surface area contributed by atoms with Crippen molar-refractivity contribution < 1.29 is 0 Å². The number of rotatable bonds is 1. The molecule has 2 rings (SSSR count). The molecule has 0 aliphatic carbocycles. The summed E-state index contributed by atoms with van der Waals surface area (Å²) in [6, 6.07) is 11.6. The van der Waals surface area contributed by atoms with Gasteiger partial charge in [0.1, 0.15) is 0 Å². The second-order valence-electron chi connectivity index (χ2n) is 2.43. The van der Waals surface area contributed by atoms with Crippen molar-refractivity contribution in [2.75, 3.05) is 0 Å². The molecule has 0 saturated heterocycles. The van der Waals surface area contributed by atoms with Crippen molar-refractivity contribution in [1.29, 1.82) is 0 Å². The minimum Gasteiger partial charge on any atom is -0.255 e. The molecule has 0 aliphatic rings. The summed E-state index contributed by atoms with van der Waals surface area (Å²) in [6.45, 7) is 0. The van der Waals surface area contributed by atoms with Crippen LogP contribution in [0.1, 0.15) is 0 Å².